The Labute approximate surface area is 191 Å². The van der Waals surface area contributed by atoms with Gasteiger partial charge in [-0.1, -0.05) is 23.7 Å². The van der Waals surface area contributed by atoms with Crippen LogP contribution in [0.15, 0.2) is 36.4 Å². The molecule has 1 aromatic heterocycles. The molecular weight excluding hydrogens is 463 g/mol. The van der Waals surface area contributed by atoms with Crippen LogP contribution in [0.1, 0.15) is 47.5 Å². The molecule has 2 unspecified atom stereocenters. The number of benzene rings is 2. The van der Waals surface area contributed by atoms with Gasteiger partial charge in [0, 0.05) is 22.4 Å². The molecule has 2 heterocycles. The first kappa shape index (κ1) is 22.9. The highest BCUT2D eigenvalue weighted by molar-refractivity contribution is 6.30. The number of carbonyl (C=O) groups is 1. The summed E-state index contributed by atoms with van der Waals surface area (Å²) in [7, 11) is 2.94. The lowest BCUT2D eigenvalue weighted by atomic mass is 9.82. The van der Waals surface area contributed by atoms with Crippen LogP contribution in [-0.2, 0) is 11.0 Å². The first-order valence-electron chi connectivity index (χ1n) is 9.90. The molecule has 1 aliphatic rings. The molecule has 0 fully saturated rings. The van der Waals surface area contributed by atoms with Crippen LogP contribution < -0.4 is 9.47 Å². The van der Waals surface area contributed by atoms with Crippen molar-refractivity contribution in [3.05, 3.63) is 64.2 Å². The predicted octanol–water partition coefficient (Wildman–Crippen LogP) is 5.05. The van der Waals surface area contributed by atoms with E-state index in [1.165, 1.54) is 26.4 Å². The Morgan fingerprint density at radius 3 is 2.58 bits per heavy atom. The van der Waals surface area contributed by atoms with Crippen LogP contribution in [0.3, 0.4) is 0 Å². The highest BCUT2D eigenvalue weighted by atomic mass is 35.5. The summed E-state index contributed by atoms with van der Waals surface area (Å²) in [6.07, 6.45) is -5.09. The number of hydrogen-bond acceptors (Lipinski definition) is 5. The summed E-state index contributed by atoms with van der Waals surface area (Å²) in [4.78, 5) is 11.6. The Kier molecular flexibility index (Phi) is 5.96. The lowest BCUT2D eigenvalue weighted by molar-refractivity contribution is -0.146. The number of carboxylic acids is 1. The summed E-state index contributed by atoms with van der Waals surface area (Å²) in [5.74, 6) is -3.04. The molecule has 0 saturated heterocycles. The number of carboxylic acid groups (broad SMARTS) is 1. The van der Waals surface area contributed by atoms with Crippen molar-refractivity contribution in [2.75, 3.05) is 14.2 Å². The molecule has 174 valence electrons. The molecule has 11 heteroatoms. The zero-order chi connectivity index (χ0) is 23.9. The Morgan fingerprint density at radius 2 is 1.94 bits per heavy atom. The summed E-state index contributed by atoms with van der Waals surface area (Å²) < 4.78 is 53.4. The Bertz CT molecular complexity index is 1210. The fourth-order valence-corrected chi connectivity index (χ4v) is 4.55. The monoisotopic (exact) mass is 481 g/mol. The molecule has 33 heavy (non-hydrogen) atoms. The van der Waals surface area contributed by atoms with Gasteiger partial charge in [0.2, 0.25) is 5.82 Å². The largest absolute Gasteiger partial charge is 0.493 e. The second kappa shape index (κ2) is 8.58. The topological polar surface area (TPSA) is 86.5 Å². The van der Waals surface area contributed by atoms with E-state index >= 15 is 0 Å². The minimum absolute atomic E-state index is 0.0716. The Hall–Kier alpha value is -3.27. The molecule has 7 nitrogen and oxygen atoms in total. The highest BCUT2D eigenvalue weighted by Gasteiger charge is 2.43. The van der Waals surface area contributed by atoms with Crippen molar-refractivity contribution in [1.82, 2.24) is 14.8 Å². The van der Waals surface area contributed by atoms with Gasteiger partial charge in [-0.15, -0.1) is 10.2 Å². The third-order valence-corrected chi connectivity index (χ3v) is 5.90. The molecule has 0 amide bonds. The van der Waals surface area contributed by atoms with Gasteiger partial charge in [0.15, 0.2) is 11.5 Å². The van der Waals surface area contributed by atoms with Crippen LogP contribution in [0.2, 0.25) is 5.02 Å². The summed E-state index contributed by atoms with van der Waals surface area (Å²) in [5, 5.41) is 17.0. The smallest absolute Gasteiger partial charge is 0.452 e. The van der Waals surface area contributed by atoms with Crippen LogP contribution in [0.25, 0.3) is 5.69 Å². The summed E-state index contributed by atoms with van der Waals surface area (Å²) in [6, 6.07) is 9.71. The van der Waals surface area contributed by atoms with Gasteiger partial charge >= 0.3 is 12.1 Å². The van der Waals surface area contributed by atoms with E-state index < -0.39 is 36.2 Å². The molecule has 2 aromatic carbocycles. The Morgan fingerprint density at radius 1 is 1.18 bits per heavy atom. The van der Waals surface area contributed by atoms with Crippen molar-refractivity contribution >= 4 is 17.6 Å². The fraction of sp³-hybridized carbons (Fsp3) is 0.318. The van der Waals surface area contributed by atoms with Gasteiger partial charge < -0.3 is 14.6 Å². The molecule has 0 radical (unpaired) electrons. The molecule has 2 atom stereocenters. The van der Waals surface area contributed by atoms with E-state index in [9.17, 15) is 23.1 Å². The Balaban J connectivity index is 2.04. The second-order valence-corrected chi connectivity index (χ2v) is 8.02. The number of nitrogens with zero attached hydrogens (tertiary/aromatic N) is 3. The van der Waals surface area contributed by atoms with Gasteiger partial charge in [-0.3, -0.25) is 9.36 Å². The number of alkyl halides is 3. The summed E-state index contributed by atoms with van der Waals surface area (Å²) >= 11 is 6.25. The molecule has 0 spiro atoms. The van der Waals surface area contributed by atoms with E-state index in [4.69, 9.17) is 21.1 Å². The number of ether oxygens (including phenoxy) is 2. The summed E-state index contributed by atoms with van der Waals surface area (Å²) in [5.41, 5.74) is 1.27. The number of halogens is 4. The molecule has 1 aliphatic heterocycles. The number of hydrogen-bond donors (Lipinski definition) is 1. The van der Waals surface area contributed by atoms with Crippen molar-refractivity contribution in [1.29, 1.82) is 0 Å². The molecule has 1 N–H and O–H groups in total. The molecule has 4 rings (SSSR count). The zero-order valence-electron chi connectivity index (χ0n) is 17.6. The predicted molar refractivity (Wildman–Crippen MR) is 112 cm³/mol. The van der Waals surface area contributed by atoms with Crippen molar-refractivity contribution in [3.8, 4) is 17.2 Å². The molecule has 0 aliphatic carbocycles. The maximum Gasteiger partial charge on any atom is 0.452 e. The van der Waals surface area contributed by atoms with E-state index in [1.807, 2.05) is 0 Å². The van der Waals surface area contributed by atoms with Crippen molar-refractivity contribution in [2.24, 2.45) is 0 Å². The average Bonchev–Trinajstić information content (AvgIpc) is 3.16. The lowest BCUT2D eigenvalue weighted by Crippen LogP contribution is -2.17. The van der Waals surface area contributed by atoms with Gasteiger partial charge in [0.1, 0.15) is 5.82 Å². The van der Waals surface area contributed by atoms with E-state index in [2.05, 4.69) is 10.2 Å². The van der Waals surface area contributed by atoms with E-state index in [0.717, 1.165) is 4.57 Å². The van der Waals surface area contributed by atoms with E-state index in [1.54, 1.807) is 24.3 Å². The molecular formula is C22H19ClF3N3O4. The number of rotatable bonds is 5. The van der Waals surface area contributed by atoms with Gasteiger partial charge in [0.05, 0.1) is 26.3 Å². The zero-order valence-corrected chi connectivity index (χ0v) is 18.3. The van der Waals surface area contributed by atoms with Gasteiger partial charge in [-0.25, -0.2) is 0 Å². The maximum absolute atomic E-state index is 13.8. The van der Waals surface area contributed by atoms with E-state index in [0.29, 0.717) is 27.6 Å². The molecule has 0 bridgehead atoms. The number of para-hydroxylation sites is 1. The second-order valence-electron chi connectivity index (χ2n) is 7.58. The lowest BCUT2D eigenvalue weighted by Gasteiger charge is -2.24. The quantitative estimate of drug-likeness (QED) is 0.549. The maximum atomic E-state index is 13.8. The number of aromatic nitrogens is 3. The van der Waals surface area contributed by atoms with Crippen LogP contribution >= 0.6 is 11.6 Å². The average molecular weight is 482 g/mol. The highest BCUT2D eigenvalue weighted by Crippen LogP contribution is 2.48. The molecule has 0 saturated carbocycles. The van der Waals surface area contributed by atoms with Crippen molar-refractivity contribution in [3.63, 3.8) is 0 Å². The fourth-order valence-electron chi connectivity index (χ4n) is 4.37. The van der Waals surface area contributed by atoms with Crippen LogP contribution in [0.4, 0.5) is 13.2 Å². The van der Waals surface area contributed by atoms with Crippen LogP contribution in [-0.4, -0.2) is 40.1 Å². The molecule has 3 aromatic rings. The number of fused-ring (bicyclic) bond motifs is 3. The van der Waals surface area contributed by atoms with Gasteiger partial charge in [0.25, 0.3) is 0 Å². The van der Waals surface area contributed by atoms with Crippen molar-refractivity contribution in [2.45, 2.75) is 30.9 Å². The SMILES string of the molecule is COc1cccc(C2CC(CC(=O)O)c3nnc(C(F)(F)F)n3-c3ccc(Cl)cc32)c1OC. The van der Waals surface area contributed by atoms with Gasteiger partial charge in [-0.05, 0) is 36.2 Å². The normalized spacial score (nSPS) is 17.6. The van der Waals surface area contributed by atoms with Gasteiger partial charge in [-0.2, -0.15) is 13.2 Å². The third kappa shape index (κ3) is 4.10. The van der Waals surface area contributed by atoms with Crippen molar-refractivity contribution < 1.29 is 32.5 Å². The van der Waals surface area contributed by atoms with E-state index in [-0.39, 0.29) is 17.9 Å². The first-order valence-corrected chi connectivity index (χ1v) is 10.3. The number of aliphatic carboxylic acids is 1. The minimum Gasteiger partial charge on any atom is -0.493 e. The standard InChI is InChI=1S/C22H19ClF3N3O4/c1-32-17-5-3-4-13(19(17)33-2)14-8-11(9-18(30)31)20-27-28-21(22(24,25)26)29(20)16-7-6-12(23)10-15(14)16/h3-7,10-11,14H,8-9H2,1-2H3,(H,30,31). The number of methoxy groups -OCH3 is 2. The summed E-state index contributed by atoms with van der Waals surface area (Å²) in [6.45, 7) is 0. The third-order valence-electron chi connectivity index (χ3n) is 5.66. The first-order chi connectivity index (χ1) is 15.7. The van der Waals surface area contributed by atoms with Crippen LogP contribution in [0, 0.1) is 0 Å². The minimum atomic E-state index is -4.80. The van der Waals surface area contributed by atoms with Crippen LogP contribution in [0.5, 0.6) is 11.5 Å².